The van der Waals surface area contributed by atoms with Gasteiger partial charge in [0.25, 0.3) is 0 Å². The van der Waals surface area contributed by atoms with E-state index < -0.39 is 0 Å². The molecule has 0 aliphatic rings. The van der Waals surface area contributed by atoms with E-state index >= 15 is 0 Å². The Labute approximate surface area is 188 Å². The van der Waals surface area contributed by atoms with E-state index in [0.29, 0.717) is 24.0 Å². The van der Waals surface area contributed by atoms with Crippen molar-refractivity contribution in [2.45, 2.75) is 43.6 Å². The maximum absolute atomic E-state index is 12.7. The summed E-state index contributed by atoms with van der Waals surface area (Å²) in [6.07, 6.45) is 3.71. The lowest BCUT2D eigenvalue weighted by atomic mass is 10.0. The lowest BCUT2D eigenvalue weighted by molar-refractivity contribution is -0.120. The molecular weight excluding hydrogens is 410 g/mol. The number of aromatic nitrogens is 2. The summed E-state index contributed by atoms with van der Waals surface area (Å²) in [5.74, 6) is 1.64. The number of nitrogens with one attached hydrogen (secondary N) is 1. The number of rotatable bonds is 9. The summed E-state index contributed by atoms with van der Waals surface area (Å²) in [6.45, 7) is 6.65. The Bertz CT molecular complexity index is 1030. The van der Waals surface area contributed by atoms with Gasteiger partial charge in [-0.1, -0.05) is 49.9 Å². The van der Waals surface area contributed by atoms with Crippen molar-refractivity contribution in [1.82, 2.24) is 14.9 Å². The Morgan fingerprint density at radius 3 is 2.55 bits per heavy atom. The molecule has 7 heteroatoms. The molecule has 0 radical (unpaired) electrons. The summed E-state index contributed by atoms with van der Waals surface area (Å²) >= 11 is 1.44. The minimum atomic E-state index is -0.299. The molecule has 1 aromatic heterocycles. The fraction of sp³-hybridized carbons (Fsp3) is 0.333. The number of amides is 1. The van der Waals surface area contributed by atoms with Crippen LogP contribution in [-0.2, 0) is 11.3 Å². The molecule has 31 heavy (non-hydrogen) atoms. The number of hydrogen-bond acceptors (Lipinski definition) is 5. The smallest absolute Gasteiger partial charge is 0.233 e. The molecule has 1 N–H and O–H groups in total. The van der Waals surface area contributed by atoms with Crippen LogP contribution in [0.4, 0.5) is 0 Å². The van der Waals surface area contributed by atoms with E-state index in [1.54, 1.807) is 20.4 Å². The van der Waals surface area contributed by atoms with Crippen molar-refractivity contribution in [3.63, 3.8) is 0 Å². The molecule has 0 bridgehead atoms. The highest BCUT2D eigenvalue weighted by Gasteiger charge is 2.19. The Morgan fingerprint density at radius 1 is 1.10 bits per heavy atom. The van der Waals surface area contributed by atoms with E-state index in [1.807, 2.05) is 43.5 Å². The molecule has 0 fully saturated rings. The van der Waals surface area contributed by atoms with Crippen molar-refractivity contribution in [1.29, 1.82) is 0 Å². The van der Waals surface area contributed by atoms with Gasteiger partial charge in [0.1, 0.15) is 0 Å². The Kier molecular flexibility index (Phi) is 7.63. The Morgan fingerprint density at radius 2 is 1.84 bits per heavy atom. The molecular formula is C24H29N3O3S. The number of methoxy groups -OCH3 is 2. The van der Waals surface area contributed by atoms with Crippen LogP contribution < -0.4 is 14.8 Å². The van der Waals surface area contributed by atoms with Crippen LogP contribution >= 0.6 is 11.8 Å². The molecule has 0 saturated carbocycles. The van der Waals surface area contributed by atoms with Crippen LogP contribution in [0.1, 0.15) is 37.8 Å². The third-order valence-electron chi connectivity index (χ3n) is 4.99. The second-order valence-electron chi connectivity index (χ2n) is 7.46. The molecule has 164 valence electrons. The second kappa shape index (κ2) is 10.4. The van der Waals surface area contributed by atoms with Gasteiger partial charge in [0.05, 0.1) is 25.2 Å². The number of thioether (sulfide) groups is 1. The van der Waals surface area contributed by atoms with Crippen molar-refractivity contribution >= 4 is 17.7 Å². The number of carbonyl (C=O) groups is 1. The lowest BCUT2D eigenvalue weighted by Crippen LogP contribution is -2.30. The quantitative estimate of drug-likeness (QED) is 0.485. The molecule has 1 atom stereocenters. The number of hydrogen-bond donors (Lipinski definition) is 1. The van der Waals surface area contributed by atoms with Gasteiger partial charge < -0.3 is 14.8 Å². The summed E-state index contributed by atoms with van der Waals surface area (Å²) in [5.41, 5.74) is 3.28. The summed E-state index contributed by atoms with van der Waals surface area (Å²) in [4.78, 5) is 17.2. The lowest BCUT2D eigenvalue weighted by Gasteiger charge is -2.17. The van der Waals surface area contributed by atoms with Gasteiger partial charge in [-0.3, -0.25) is 9.36 Å². The molecule has 1 unspecified atom stereocenters. The Hall–Kier alpha value is -2.93. The number of para-hydroxylation sites is 1. The third-order valence-corrected chi connectivity index (χ3v) is 6.07. The molecule has 3 aromatic rings. The van der Waals surface area contributed by atoms with Gasteiger partial charge in [-0.25, -0.2) is 4.98 Å². The van der Waals surface area contributed by atoms with Crippen LogP contribution in [0.25, 0.3) is 5.69 Å². The van der Waals surface area contributed by atoms with E-state index in [2.05, 4.69) is 40.8 Å². The zero-order valence-corrected chi connectivity index (χ0v) is 19.4. The predicted molar refractivity (Wildman–Crippen MR) is 124 cm³/mol. The first kappa shape index (κ1) is 22.7. The van der Waals surface area contributed by atoms with E-state index in [9.17, 15) is 4.79 Å². The van der Waals surface area contributed by atoms with Gasteiger partial charge >= 0.3 is 0 Å². The topological polar surface area (TPSA) is 65.4 Å². The van der Waals surface area contributed by atoms with Gasteiger partial charge in [0.15, 0.2) is 16.7 Å². The first-order valence-corrected chi connectivity index (χ1v) is 11.1. The van der Waals surface area contributed by atoms with E-state index in [4.69, 9.17) is 9.47 Å². The molecule has 2 aromatic carbocycles. The molecule has 0 aliphatic heterocycles. The minimum absolute atomic E-state index is 0.0496. The van der Waals surface area contributed by atoms with Crippen LogP contribution in [0.3, 0.4) is 0 Å². The molecule has 6 nitrogen and oxygen atoms in total. The van der Waals surface area contributed by atoms with Crippen LogP contribution in [0.5, 0.6) is 11.5 Å². The highest BCUT2D eigenvalue weighted by Crippen LogP contribution is 2.30. The number of ether oxygens (including phenoxy) is 2. The second-order valence-corrected chi connectivity index (χ2v) is 8.77. The zero-order valence-electron chi connectivity index (χ0n) is 18.6. The number of carbonyl (C=O) groups excluding carboxylic acids is 1. The normalized spacial score (nSPS) is 11.9. The van der Waals surface area contributed by atoms with E-state index in [0.717, 1.165) is 16.4 Å². The van der Waals surface area contributed by atoms with Gasteiger partial charge in [-0.15, -0.1) is 0 Å². The highest BCUT2D eigenvalue weighted by atomic mass is 32.2. The average Bonchev–Trinajstić information content (AvgIpc) is 3.24. The average molecular weight is 440 g/mol. The minimum Gasteiger partial charge on any atom is -0.493 e. The van der Waals surface area contributed by atoms with Crippen LogP contribution in [0.2, 0.25) is 0 Å². The predicted octanol–water partition coefficient (Wildman–Crippen LogP) is 4.81. The SMILES string of the molecule is COc1ccc(CNC(=O)C(C)Sc2nccn2-c2ccccc2C(C)C)cc1OC. The van der Waals surface area contributed by atoms with Crippen molar-refractivity contribution in [2.24, 2.45) is 0 Å². The monoisotopic (exact) mass is 439 g/mol. The highest BCUT2D eigenvalue weighted by molar-refractivity contribution is 8.00. The number of benzene rings is 2. The van der Waals surface area contributed by atoms with Crippen LogP contribution in [0, 0.1) is 0 Å². The zero-order chi connectivity index (χ0) is 22.4. The summed E-state index contributed by atoms with van der Waals surface area (Å²) in [6, 6.07) is 13.9. The first-order valence-electron chi connectivity index (χ1n) is 10.2. The van der Waals surface area contributed by atoms with Crippen molar-refractivity contribution in [3.05, 3.63) is 66.0 Å². The molecule has 0 spiro atoms. The molecule has 0 aliphatic carbocycles. The fourth-order valence-electron chi connectivity index (χ4n) is 3.29. The summed E-state index contributed by atoms with van der Waals surface area (Å²) in [7, 11) is 3.19. The molecule has 3 rings (SSSR count). The van der Waals surface area contributed by atoms with Gasteiger partial charge in [0.2, 0.25) is 5.91 Å². The molecule has 1 amide bonds. The number of nitrogens with zero attached hydrogens (tertiary/aromatic N) is 2. The van der Waals surface area contributed by atoms with Crippen LogP contribution in [-0.4, -0.2) is 34.9 Å². The maximum atomic E-state index is 12.7. The van der Waals surface area contributed by atoms with Crippen LogP contribution in [0.15, 0.2) is 60.0 Å². The number of imidazole rings is 1. The molecule has 1 heterocycles. The fourth-order valence-corrected chi connectivity index (χ4v) is 4.19. The van der Waals surface area contributed by atoms with Gasteiger partial charge in [-0.2, -0.15) is 0 Å². The van der Waals surface area contributed by atoms with E-state index in [1.165, 1.54) is 17.3 Å². The molecule has 0 saturated heterocycles. The van der Waals surface area contributed by atoms with Crippen molar-refractivity contribution in [3.8, 4) is 17.2 Å². The van der Waals surface area contributed by atoms with E-state index in [-0.39, 0.29) is 11.2 Å². The van der Waals surface area contributed by atoms with Crippen molar-refractivity contribution in [2.75, 3.05) is 14.2 Å². The largest absolute Gasteiger partial charge is 0.493 e. The maximum Gasteiger partial charge on any atom is 0.233 e. The Balaban J connectivity index is 1.67. The van der Waals surface area contributed by atoms with Crippen molar-refractivity contribution < 1.29 is 14.3 Å². The summed E-state index contributed by atoms with van der Waals surface area (Å²) in [5, 5.41) is 3.49. The standard InChI is InChI=1S/C24H29N3O3S/c1-16(2)19-8-6-7-9-20(19)27-13-12-25-24(27)31-17(3)23(28)26-15-18-10-11-21(29-4)22(14-18)30-5/h6-14,16-17H,15H2,1-5H3,(H,26,28). The van der Waals surface area contributed by atoms with Gasteiger partial charge in [0, 0.05) is 18.9 Å². The van der Waals surface area contributed by atoms with Gasteiger partial charge in [-0.05, 0) is 42.2 Å². The summed E-state index contributed by atoms with van der Waals surface area (Å²) < 4.78 is 12.6. The third kappa shape index (κ3) is 5.41. The first-order chi connectivity index (χ1) is 14.9.